The summed E-state index contributed by atoms with van der Waals surface area (Å²) >= 11 is 3.53. The number of H-pyrrole nitrogens is 1. The Bertz CT molecular complexity index is 1380. The molecule has 36 heavy (non-hydrogen) atoms. The molecule has 7 nitrogen and oxygen atoms in total. The number of halogens is 1. The third-order valence-corrected chi connectivity index (χ3v) is 9.08. The summed E-state index contributed by atoms with van der Waals surface area (Å²) < 4.78 is 0.962. The molecule has 3 aliphatic rings. The van der Waals surface area contributed by atoms with Gasteiger partial charge in [0, 0.05) is 51.2 Å². The summed E-state index contributed by atoms with van der Waals surface area (Å²) in [5, 5.41) is 21.3. The minimum Gasteiger partial charge on any atom is -0.465 e. The number of carboxylic acid groups (broad SMARTS) is 1. The molecule has 0 bridgehead atoms. The van der Waals surface area contributed by atoms with Gasteiger partial charge in [0.2, 0.25) is 0 Å². The number of nitrogens with zero attached hydrogens (tertiary/aromatic N) is 2. The van der Waals surface area contributed by atoms with Gasteiger partial charge >= 0.3 is 6.09 Å². The van der Waals surface area contributed by atoms with E-state index in [0.717, 1.165) is 63.7 Å². The number of aliphatic hydroxyl groups excluding tert-OH is 1. The number of carbonyl (C=O) groups is 2. The fraction of sp³-hybridized carbons (Fsp3) is 0.429. The first-order chi connectivity index (χ1) is 17.1. The van der Waals surface area contributed by atoms with E-state index in [2.05, 4.69) is 39.7 Å². The molecule has 2 fully saturated rings. The lowest BCUT2D eigenvalue weighted by molar-refractivity contribution is -0.00121. The number of ketones is 1. The van der Waals surface area contributed by atoms with Crippen LogP contribution < -0.4 is 0 Å². The summed E-state index contributed by atoms with van der Waals surface area (Å²) in [6.07, 6.45) is 0.286. The van der Waals surface area contributed by atoms with Gasteiger partial charge in [-0.15, -0.1) is 0 Å². The second-order valence-electron chi connectivity index (χ2n) is 11.0. The Kier molecular flexibility index (Phi) is 5.55. The zero-order chi connectivity index (χ0) is 25.4. The normalized spacial score (nSPS) is 21.2. The standard InChI is InChI=1S/C28H30BrN3O4/c1-28(2)21-11-16(24(33)15-7-9-31(10-8-15)18-13-32(14-18)27(35)36)3-5-19(21)25(34)23-20-6-4-17(29)12-22(20)30-26(23)28/h3-6,11-12,15,18,24,30,33H,7-10,13-14H2,1-2H3,(H,35,36). The van der Waals surface area contributed by atoms with Crippen LogP contribution in [0.15, 0.2) is 40.9 Å². The minimum absolute atomic E-state index is 0.0261. The molecule has 0 radical (unpaired) electrons. The Labute approximate surface area is 218 Å². The van der Waals surface area contributed by atoms with E-state index in [1.54, 1.807) is 0 Å². The zero-order valence-electron chi connectivity index (χ0n) is 20.4. The van der Waals surface area contributed by atoms with E-state index in [9.17, 15) is 14.7 Å². The summed E-state index contributed by atoms with van der Waals surface area (Å²) in [5.74, 6) is 0.163. The first-order valence-electron chi connectivity index (χ1n) is 12.6. The summed E-state index contributed by atoms with van der Waals surface area (Å²) in [5.41, 5.74) is 4.70. The Balaban J connectivity index is 1.23. The fourth-order valence-corrected chi connectivity index (χ4v) is 6.68. The highest BCUT2D eigenvalue weighted by Crippen LogP contribution is 2.45. The van der Waals surface area contributed by atoms with Crippen LogP contribution in [0, 0.1) is 5.92 Å². The molecule has 2 saturated heterocycles. The van der Waals surface area contributed by atoms with Crippen molar-refractivity contribution in [3.05, 3.63) is 68.8 Å². The molecule has 1 atom stereocenters. The smallest absolute Gasteiger partial charge is 0.407 e. The van der Waals surface area contributed by atoms with Gasteiger partial charge in [-0.2, -0.15) is 0 Å². The second kappa shape index (κ2) is 8.43. The van der Waals surface area contributed by atoms with Crippen LogP contribution >= 0.6 is 15.9 Å². The molecule has 1 unspecified atom stereocenters. The zero-order valence-corrected chi connectivity index (χ0v) is 22.0. The maximum atomic E-state index is 13.6. The number of hydrogen-bond donors (Lipinski definition) is 3. The van der Waals surface area contributed by atoms with Crippen molar-refractivity contribution >= 4 is 38.7 Å². The Morgan fingerprint density at radius 3 is 2.56 bits per heavy atom. The van der Waals surface area contributed by atoms with E-state index in [1.165, 1.54) is 4.90 Å². The predicted octanol–water partition coefficient (Wildman–Crippen LogP) is 4.91. The number of aromatic nitrogens is 1. The van der Waals surface area contributed by atoms with E-state index < -0.39 is 17.6 Å². The van der Waals surface area contributed by atoms with Crippen molar-refractivity contribution in [2.24, 2.45) is 5.92 Å². The number of carbonyl (C=O) groups excluding carboxylic acids is 1. The van der Waals surface area contributed by atoms with E-state index in [1.807, 2.05) is 36.4 Å². The monoisotopic (exact) mass is 551 g/mol. The molecule has 188 valence electrons. The molecule has 1 aliphatic carbocycles. The lowest BCUT2D eigenvalue weighted by Crippen LogP contribution is -2.62. The largest absolute Gasteiger partial charge is 0.465 e. The molecule has 3 aromatic rings. The first kappa shape index (κ1) is 23.7. The summed E-state index contributed by atoms with van der Waals surface area (Å²) in [6, 6.07) is 12.1. The topological polar surface area (TPSA) is 96.9 Å². The number of aromatic amines is 1. The van der Waals surface area contributed by atoms with Crippen LogP contribution in [0.5, 0.6) is 0 Å². The van der Waals surface area contributed by atoms with Crippen LogP contribution in [0.1, 0.15) is 65.5 Å². The number of piperidine rings is 1. The Morgan fingerprint density at radius 1 is 1.14 bits per heavy atom. The fourth-order valence-electron chi connectivity index (χ4n) is 6.32. The van der Waals surface area contributed by atoms with Crippen molar-refractivity contribution in [2.45, 2.75) is 44.2 Å². The van der Waals surface area contributed by atoms with Gasteiger partial charge in [0.15, 0.2) is 5.78 Å². The van der Waals surface area contributed by atoms with E-state index in [-0.39, 0.29) is 11.7 Å². The molecule has 0 spiro atoms. The van der Waals surface area contributed by atoms with E-state index >= 15 is 0 Å². The Morgan fingerprint density at radius 2 is 1.86 bits per heavy atom. The van der Waals surface area contributed by atoms with Crippen molar-refractivity contribution in [1.29, 1.82) is 0 Å². The summed E-state index contributed by atoms with van der Waals surface area (Å²) in [6.45, 7) is 7.14. The van der Waals surface area contributed by atoms with E-state index in [4.69, 9.17) is 5.11 Å². The van der Waals surface area contributed by atoms with Crippen LogP contribution in [-0.4, -0.2) is 69.1 Å². The third kappa shape index (κ3) is 3.61. The number of likely N-dealkylation sites (tertiary alicyclic amines) is 2. The van der Waals surface area contributed by atoms with Gasteiger partial charge in [-0.1, -0.05) is 54.0 Å². The average Bonchev–Trinajstić information content (AvgIpc) is 3.21. The molecule has 8 heteroatoms. The predicted molar refractivity (Wildman–Crippen MR) is 141 cm³/mol. The molecule has 1 aromatic heterocycles. The van der Waals surface area contributed by atoms with Gasteiger partial charge < -0.3 is 20.1 Å². The molecular weight excluding hydrogens is 522 g/mol. The van der Waals surface area contributed by atoms with E-state index in [0.29, 0.717) is 24.7 Å². The minimum atomic E-state index is -0.849. The number of aliphatic hydroxyl groups is 1. The van der Waals surface area contributed by atoms with Crippen molar-refractivity contribution in [1.82, 2.24) is 14.8 Å². The van der Waals surface area contributed by atoms with Crippen LogP contribution in [0.3, 0.4) is 0 Å². The lowest BCUT2D eigenvalue weighted by atomic mass is 9.70. The highest BCUT2D eigenvalue weighted by Gasteiger charge is 2.41. The number of amides is 1. The molecule has 6 rings (SSSR count). The molecule has 2 aliphatic heterocycles. The van der Waals surface area contributed by atoms with Gasteiger partial charge in [0.05, 0.1) is 11.7 Å². The quantitative estimate of drug-likeness (QED) is 0.429. The number of rotatable bonds is 3. The highest BCUT2D eigenvalue weighted by atomic mass is 79.9. The number of hydrogen-bond acceptors (Lipinski definition) is 4. The molecule has 1 amide bonds. The summed E-state index contributed by atoms with van der Waals surface area (Å²) in [4.78, 5) is 32.0. The molecular formula is C28H30BrN3O4. The van der Waals surface area contributed by atoms with Gasteiger partial charge in [-0.25, -0.2) is 4.79 Å². The van der Waals surface area contributed by atoms with Gasteiger partial charge in [0.1, 0.15) is 0 Å². The lowest BCUT2D eigenvalue weighted by Gasteiger charge is -2.46. The van der Waals surface area contributed by atoms with Gasteiger partial charge in [0.25, 0.3) is 0 Å². The van der Waals surface area contributed by atoms with Crippen molar-refractivity contribution < 1.29 is 19.8 Å². The van der Waals surface area contributed by atoms with Gasteiger partial charge in [-0.05, 0) is 55.1 Å². The van der Waals surface area contributed by atoms with Crippen LogP contribution in [-0.2, 0) is 5.41 Å². The van der Waals surface area contributed by atoms with Crippen molar-refractivity contribution in [3.8, 4) is 0 Å². The Hall–Kier alpha value is -2.68. The number of nitrogens with one attached hydrogen (secondary N) is 1. The highest BCUT2D eigenvalue weighted by molar-refractivity contribution is 9.10. The third-order valence-electron chi connectivity index (χ3n) is 8.59. The average molecular weight is 552 g/mol. The van der Waals surface area contributed by atoms with Crippen LogP contribution in [0.25, 0.3) is 10.9 Å². The second-order valence-corrected chi connectivity index (χ2v) is 11.9. The number of fused-ring (bicyclic) bond motifs is 4. The van der Waals surface area contributed by atoms with Crippen molar-refractivity contribution in [3.63, 3.8) is 0 Å². The summed E-state index contributed by atoms with van der Waals surface area (Å²) in [7, 11) is 0. The molecule has 3 N–H and O–H groups in total. The van der Waals surface area contributed by atoms with Gasteiger partial charge in [-0.3, -0.25) is 9.69 Å². The van der Waals surface area contributed by atoms with Crippen molar-refractivity contribution in [2.75, 3.05) is 26.2 Å². The van der Waals surface area contributed by atoms with Crippen LogP contribution in [0.2, 0.25) is 0 Å². The molecule has 2 aromatic carbocycles. The maximum Gasteiger partial charge on any atom is 0.407 e. The maximum absolute atomic E-state index is 13.6. The molecule has 3 heterocycles. The van der Waals surface area contributed by atoms with Crippen LogP contribution in [0.4, 0.5) is 4.79 Å². The molecule has 0 saturated carbocycles. The number of benzene rings is 2. The first-order valence-corrected chi connectivity index (χ1v) is 13.3. The SMILES string of the molecule is CC1(C)c2cc(C(O)C3CCN(C4CN(C(=O)O)C4)CC3)ccc2C(=O)c2c1[nH]c1cc(Br)ccc21.